The fraction of sp³-hybridized carbons (Fsp3) is 0.500. The van der Waals surface area contributed by atoms with Gasteiger partial charge in [-0.25, -0.2) is 0 Å². The molecule has 2 heterocycles. The molecule has 1 aliphatic heterocycles. The molecule has 1 N–H and O–H groups in total. The summed E-state index contributed by atoms with van der Waals surface area (Å²) < 4.78 is 10.5. The summed E-state index contributed by atoms with van der Waals surface area (Å²) in [6, 6.07) is 7.94. The molecule has 134 valence electrons. The lowest BCUT2D eigenvalue weighted by Gasteiger charge is -2.28. The van der Waals surface area contributed by atoms with Gasteiger partial charge in [-0.1, -0.05) is 19.0 Å². The Hall–Kier alpha value is -2.41. The van der Waals surface area contributed by atoms with Crippen molar-refractivity contribution in [1.29, 1.82) is 0 Å². The van der Waals surface area contributed by atoms with Crippen molar-refractivity contribution in [3.05, 3.63) is 30.2 Å². The highest BCUT2D eigenvalue weighted by Gasteiger charge is 2.16. The van der Waals surface area contributed by atoms with Crippen LogP contribution in [0.15, 0.2) is 28.8 Å². The molecule has 1 aromatic heterocycles. The van der Waals surface area contributed by atoms with Crippen molar-refractivity contribution in [3.8, 4) is 11.4 Å². The van der Waals surface area contributed by atoms with Gasteiger partial charge in [-0.3, -0.25) is 4.79 Å². The average molecular weight is 344 g/mol. The third kappa shape index (κ3) is 4.57. The van der Waals surface area contributed by atoms with Crippen LogP contribution in [0.1, 0.15) is 31.0 Å². The molecule has 2 aromatic rings. The number of morpholine rings is 1. The second kappa shape index (κ2) is 8.11. The molecule has 3 rings (SSSR count). The largest absolute Gasteiger partial charge is 0.378 e. The fourth-order valence-corrected chi connectivity index (χ4v) is 2.63. The summed E-state index contributed by atoms with van der Waals surface area (Å²) in [6.07, 6.45) is 0.912. The topological polar surface area (TPSA) is 80.5 Å². The summed E-state index contributed by atoms with van der Waals surface area (Å²) in [5.74, 6) is 0.617. The van der Waals surface area contributed by atoms with Crippen molar-refractivity contribution in [3.63, 3.8) is 0 Å². The van der Waals surface area contributed by atoms with Crippen LogP contribution in [-0.2, 0) is 4.74 Å². The molecule has 0 aliphatic carbocycles. The van der Waals surface area contributed by atoms with Crippen LogP contribution in [-0.4, -0.2) is 48.9 Å². The summed E-state index contributed by atoms with van der Waals surface area (Å²) in [6.45, 7) is 8.10. The number of anilines is 1. The first-order valence-corrected chi connectivity index (χ1v) is 8.68. The van der Waals surface area contributed by atoms with E-state index in [9.17, 15) is 4.79 Å². The number of carbonyl (C=O) groups is 1. The van der Waals surface area contributed by atoms with E-state index in [2.05, 4.69) is 34.2 Å². The SMILES string of the molecule is CC(C)CCNC(=O)c1nc(-c2ccc(N3CCOCC3)cc2)no1. The predicted molar refractivity (Wildman–Crippen MR) is 94.6 cm³/mol. The molecule has 1 amide bonds. The van der Waals surface area contributed by atoms with E-state index in [1.807, 2.05) is 24.3 Å². The van der Waals surface area contributed by atoms with E-state index in [1.54, 1.807) is 0 Å². The number of benzene rings is 1. The lowest BCUT2D eigenvalue weighted by Crippen LogP contribution is -2.36. The molecule has 0 radical (unpaired) electrons. The van der Waals surface area contributed by atoms with Crippen LogP contribution in [0.5, 0.6) is 0 Å². The van der Waals surface area contributed by atoms with Gasteiger partial charge >= 0.3 is 11.8 Å². The van der Waals surface area contributed by atoms with Crippen LogP contribution >= 0.6 is 0 Å². The second-order valence-electron chi connectivity index (χ2n) is 6.51. The smallest absolute Gasteiger partial charge is 0.316 e. The fourth-order valence-electron chi connectivity index (χ4n) is 2.63. The van der Waals surface area contributed by atoms with Gasteiger partial charge in [-0.15, -0.1) is 0 Å². The molecular formula is C18H24N4O3. The maximum atomic E-state index is 12.0. The predicted octanol–water partition coefficient (Wildman–Crippen LogP) is 2.35. The molecule has 0 bridgehead atoms. The van der Waals surface area contributed by atoms with Gasteiger partial charge in [0.2, 0.25) is 5.82 Å². The lowest BCUT2D eigenvalue weighted by atomic mass is 10.1. The summed E-state index contributed by atoms with van der Waals surface area (Å²) in [5.41, 5.74) is 1.96. The summed E-state index contributed by atoms with van der Waals surface area (Å²) >= 11 is 0. The van der Waals surface area contributed by atoms with E-state index in [-0.39, 0.29) is 11.8 Å². The van der Waals surface area contributed by atoms with E-state index in [0.717, 1.165) is 44.0 Å². The molecule has 0 saturated carbocycles. The van der Waals surface area contributed by atoms with Gasteiger partial charge in [-0.2, -0.15) is 4.98 Å². The molecule has 1 aliphatic rings. The molecule has 7 nitrogen and oxygen atoms in total. The van der Waals surface area contributed by atoms with Gasteiger partial charge in [0.1, 0.15) is 0 Å². The van der Waals surface area contributed by atoms with Crippen molar-refractivity contribution < 1.29 is 14.1 Å². The normalized spacial score (nSPS) is 14.8. The quantitative estimate of drug-likeness (QED) is 0.866. The first kappa shape index (κ1) is 17.4. The monoisotopic (exact) mass is 344 g/mol. The maximum Gasteiger partial charge on any atom is 0.316 e. The maximum absolute atomic E-state index is 12.0. The number of nitrogens with zero attached hydrogens (tertiary/aromatic N) is 3. The van der Waals surface area contributed by atoms with Gasteiger partial charge in [0.25, 0.3) is 0 Å². The number of ether oxygens (including phenoxy) is 1. The zero-order chi connectivity index (χ0) is 17.6. The third-order valence-corrected chi connectivity index (χ3v) is 4.13. The van der Waals surface area contributed by atoms with E-state index in [0.29, 0.717) is 18.3 Å². The van der Waals surface area contributed by atoms with Crippen LogP contribution in [0.3, 0.4) is 0 Å². The lowest BCUT2D eigenvalue weighted by molar-refractivity contribution is 0.0908. The first-order chi connectivity index (χ1) is 12.1. The van der Waals surface area contributed by atoms with Crippen LogP contribution in [0.4, 0.5) is 5.69 Å². The third-order valence-electron chi connectivity index (χ3n) is 4.13. The number of aromatic nitrogens is 2. The Kier molecular flexibility index (Phi) is 5.65. The van der Waals surface area contributed by atoms with Gasteiger partial charge in [-0.05, 0) is 36.6 Å². The van der Waals surface area contributed by atoms with Crippen molar-refractivity contribution >= 4 is 11.6 Å². The minimum atomic E-state index is -0.329. The highest BCUT2D eigenvalue weighted by atomic mass is 16.5. The van der Waals surface area contributed by atoms with Crippen LogP contribution in [0.2, 0.25) is 0 Å². The molecule has 7 heteroatoms. The molecule has 0 spiro atoms. The number of rotatable bonds is 6. The van der Waals surface area contributed by atoms with Gasteiger partial charge in [0.05, 0.1) is 13.2 Å². The highest BCUT2D eigenvalue weighted by Crippen LogP contribution is 2.22. The van der Waals surface area contributed by atoms with Crippen LogP contribution in [0, 0.1) is 5.92 Å². The zero-order valence-corrected chi connectivity index (χ0v) is 14.7. The van der Waals surface area contributed by atoms with Crippen molar-refractivity contribution in [1.82, 2.24) is 15.5 Å². The molecule has 1 saturated heterocycles. The molecule has 1 fully saturated rings. The van der Waals surface area contributed by atoms with Crippen molar-refractivity contribution in [2.24, 2.45) is 5.92 Å². The van der Waals surface area contributed by atoms with E-state index >= 15 is 0 Å². The Bertz CT molecular complexity index is 691. The van der Waals surface area contributed by atoms with E-state index < -0.39 is 0 Å². The van der Waals surface area contributed by atoms with Gasteiger partial charge < -0.3 is 19.5 Å². The van der Waals surface area contributed by atoms with Gasteiger partial charge in [0, 0.05) is 30.9 Å². The summed E-state index contributed by atoms with van der Waals surface area (Å²) in [5, 5.41) is 6.71. The Morgan fingerprint density at radius 1 is 1.24 bits per heavy atom. The number of amides is 1. The minimum absolute atomic E-state index is 0.00369. The molecule has 0 unspecified atom stereocenters. The molecule has 25 heavy (non-hydrogen) atoms. The Morgan fingerprint density at radius 2 is 1.96 bits per heavy atom. The molecular weight excluding hydrogens is 320 g/mol. The number of hydrogen-bond acceptors (Lipinski definition) is 6. The molecule has 0 atom stereocenters. The van der Waals surface area contributed by atoms with E-state index in [4.69, 9.17) is 9.26 Å². The van der Waals surface area contributed by atoms with Crippen LogP contribution in [0.25, 0.3) is 11.4 Å². The Morgan fingerprint density at radius 3 is 2.64 bits per heavy atom. The summed E-state index contributed by atoms with van der Waals surface area (Å²) in [4.78, 5) is 18.5. The average Bonchev–Trinajstić information content (AvgIpc) is 3.12. The Balaban J connectivity index is 1.62. The number of nitrogens with one attached hydrogen (secondary N) is 1. The summed E-state index contributed by atoms with van der Waals surface area (Å²) in [7, 11) is 0. The van der Waals surface area contributed by atoms with Gasteiger partial charge in [0.15, 0.2) is 0 Å². The van der Waals surface area contributed by atoms with Crippen molar-refractivity contribution in [2.45, 2.75) is 20.3 Å². The number of carbonyl (C=O) groups excluding carboxylic acids is 1. The standard InChI is InChI=1S/C18H24N4O3/c1-13(2)7-8-19-17(23)18-20-16(21-25-18)14-3-5-15(6-4-14)22-9-11-24-12-10-22/h3-6,13H,7-12H2,1-2H3,(H,19,23). The second-order valence-corrected chi connectivity index (χ2v) is 6.51. The van der Waals surface area contributed by atoms with Crippen molar-refractivity contribution in [2.75, 3.05) is 37.7 Å². The minimum Gasteiger partial charge on any atom is -0.378 e. The first-order valence-electron chi connectivity index (χ1n) is 8.68. The Labute approximate surface area is 147 Å². The van der Waals surface area contributed by atoms with E-state index in [1.165, 1.54) is 0 Å². The number of hydrogen-bond donors (Lipinski definition) is 1. The van der Waals surface area contributed by atoms with Crippen LogP contribution < -0.4 is 10.2 Å². The highest BCUT2D eigenvalue weighted by molar-refractivity contribution is 5.89. The molecule has 1 aromatic carbocycles. The zero-order valence-electron chi connectivity index (χ0n) is 14.7.